The van der Waals surface area contributed by atoms with Gasteiger partial charge in [-0.05, 0) is 31.9 Å². The van der Waals surface area contributed by atoms with Gasteiger partial charge in [-0.3, -0.25) is 4.90 Å². The van der Waals surface area contributed by atoms with Crippen molar-refractivity contribution in [3.63, 3.8) is 0 Å². The fraction of sp³-hybridized carbons (Fsp3) is 0.571. The molecule has 0 aliphatic carbocycles. The highest BCUT2D eigenvalue weighted by Gasteiger charge is 2.19. The number of ether oxygens (including phenoxy) is 1. The van der Waals surface area contributed by atoms with Gasteiger partial charge < -0.3 is 9.84 Å². The van der Waals surface area contributed by atoms with E-state index in [2.05, 4.69) is 9.88 Å². The summed E-state index contributed by atoms with van der Waals surface area (Å²) in [4.78, 5) is 17.3. The molecule has 104 valence electrons. The van der Waals surface area contributed by atoms with E-state index in [1.54, 1.807) is 6.07 Å². The average Bonchev–Trinajstić information content (AvgIpc) is 2.42. The van der Waals surface area contributed by atoms with Crippen molar-refractivity contribution in [2.24, 2.45) is 0 Å². The van der Waals surface area contributed by atoms with Crippen molar-refractivity contribution >= 4 is 5.97 Å². The Labute approximate surface area is 113 Å². The van der Waals surface area contributed by atoms with E-state index in [0.717, 1.165) is 38.2 Å². The molecule has 0 saturated carbocycles. The molecule has 1 N–H and O–H groups in total. The van der Waals surface area contributed by atoms with Crippen molar-refractivity contribution in [2.45, 2.75) is 32.4 Å². The van der Waals surface area contributed by atoms with Crippen LogP contribution in [0.3, 0.4) is 0 Å². The Kier molecular flexibility index (Phi) is 4.87. The van der Waals surface area contributed by atoms with Crippen LogP contribution in [0.2, 0.25) is 0 Å². The Balaban J connectivity index is 1.88. The van der Waals surface area contributed by atoms with Crippen molar-refractivity contribution in [2.75, 3.05) is 19.7 Å². The van der Waals surface area contributed by atoms with Gasteiger partial charge in [0.2, 0.25) is 0 Å². The van der Waals surface area contributed by atoms with E-state index >= 15 is 0 Å². The van der Waals surface area contributed by atoms with Crippen LogP contribution in [0.5, 0.6) is 0 Å². The summed E-state index contributed by atoms with van der Waals surface area (Å²) in [6.07, 6.45) is 2.44. The third-order valence-electron chi connectivity index (χ3n) is 3.35. The predicted octanol–water partition coefficient (Wildman–Crippen LogP) is 1.78. The number of hydrogen-bond donors (Lipinski definition) is 1. The SMILES string of the molecule is CCOC1CCN(Cc2cccc(C(=O)O)n2)CC1. The summed E-state index contributed by atoms with van der Waals surface area (Å²) >= 11 is 0. The quantitative estimate of drug-likeness (QED) is 0.878. The second-order valence-corrected chi connectivity index (χ2v) is 4.75. The minimum Gasteiger partial charge on any atom is -0.477 e. The van der Waals surface area contributed by atoms with E-state index < -0.39 is 5.97 Å². The zero-order valence-electron chi connectivity index (χ0n) is 11.2. The van der Waals surface area contributed by atoms with E-state index in [9.17, 15) is 4.79 Å². The average molecular weight is 264 g/mol. The number of nitrogens with zero attached hydrogens (tertiary/aromatic N) is 2. The number of piperidine rings is 1. The molecule has 0 amide bonds. The Morgan fingerprint density at radius 2 is 2.21 bits per heavy atom. The standard InChI is InChI=1S/C14H20N2O3/c1-2-19-12-6-8-16(9-7-12)10-11-4-3-5-13(15-11)14(17)18/h3-5,12H,2,6-10H2,1H3,(H,17,18). The topological polar surface area (TPSA) is 62.7 Å². The van der Waals surface area contributed by atoms with Gasteiger partial charge in [-0.25, -0.2) is 9.78 Å². The van der Waals surface area contributed by atoms with Gasteiger partial charge in [-0.2, -0.15) is 0 Å². The molecule has 5 heteroatoms. The third kappa shape index (κ3) is 4.01. The molecular weight excluding hydrogens is 244 g/mol. The minimum absolute atomic E-state index is 0.113. The van der Waals surface area contributed by atoms with Crippen LogP contribution in [0.15, 0.2) is 18.2 Å². The van der Waals surface area contributed by atoms with Crippen LogP contribution in [0.1, 0.15) is 35.9 Å². The second-order valence-electron chi connectivity index (χ2n) is 4.75. The number of carboxylic acids is 1. The molecule has 0 unspecified atom stereocenters. The first kappa shape index (κ1) is 14.0. The lowest BCUT2D eigenvalue weighted by Crippen LogP contribution is -2.36. The molecular formula is C14H20N2O3. The highest BCUT2D eigenvalue weighted by molar-refractivity contribution is 5.85. The number of likely N-dealkylation sites (tertiary alicyclic amines) is 1. The molecule has 2 rings (SSSR count). The Morgan fingerprint density at radius 3 is 2.84 bits per heavy atom. The fourth-order valence-electron chi connectivity index (χ4n) is 2.39. The van der Waals surface area contributed by atoms with Gasteiger partial charge >= 0.3 is 5.97 Å². The van der Waals surface area contributed by atoms with E-state index in [-0.39, 0.29) is 5.69 Å². The Hall–Kier alpha value is -1.46. The van der Waals surface area contributed by atoms with Crippen molar-refractivity contribution in [1.82, 2.24) is 9.88 Å². The Morgan fingerprint density at radius 1 is 1.47 bits per heavy atom. The zero-order chi connectivity index (χ0) is 13.7. The molecule has 1 aliphatic rings. The molecule has 1 saturated heterocycles. The number of hydrogen-bond acceptors (Lipinski definition) is 4. The number of carboxylic acid groups (broad SMARTS) is 1. The number of carbonyl (C=O) groups is 1. The summed E-state index contributed by atoms with van der Waals surface area (Å²) in [6.45, 7) is 5.45. The number of aromatic nitrogens is 1. The highest BCUT2D eigenvalue weighted by atomic mass is 16.5. The Bertz CT molecular complexity index is 428. The van der Waals surface area contributed by atoms with Crippen LogP contribution in [-0.4, -0.2) is 46.8 Å². The lowest BCUT2D eigenvalue weighted by Gasteiger charge is -2.31. The van der Waals surface area contributed by atoms with Crippen molar-refractivity contribution in [3.8, 4) is 0 Å². The van der Waals surface area contributed by atoms with Gasteiger partial charge in [0.1, 0.15) is 5.69 Å². The van der Waals surface area contributed by atoms with Gasteiger partial charge in [0.15, 0.2) is 0 Å². The number of pyridine rings is 1. The smallest absolute Gasteiger partial charge is 0.354 e. The zero-order valence-corrected chi connectivity index (χ0v) is 11.2. The summed E-state index contributed by atoms with van der Waals surface area (Å²) in [5.41, 5.74) is 0.927. The van der Waals surface area contributed by atoms with Crippen LogP contribution in [-0.2, 0) is 11.3 Å². The van der Waals surface area contributed by atoms with Crippen LogP contribution < -0.4 is 0 Å². The van der Waals surface area contributed by atoms with E-state index in [1.807, 2.05) is 13.0 Å². The van der Waals surface area contributed by atoms with Crippen molar-refractivity contribution in [1.29, 1.82) is 0 Å². The molecule has 1 fully saturated rings. The maximum Gasteiger partial charge on any atom is 0.354 e. The lowest BCUT2D eigenvalue weighted by atomic mass is 10.1. The monoisotopic (exact) mass is 264 g/mol. The largest absolute Gasteiger partial charge is 0.477 e. The van der Waals surface area contributed by atoms with Gasteiger partial charge in [-0.1, -0.05) is 6.07 Å². The van der Waals surface area contributed by atoms with E-state index in [0.29, 0.717) is 12.6 Å². The molecule has 0 aromatic carbocycles. The van der Waals surface area contributed by atoms with Crippen LogP contribution in [0.4, 0.5) is 0 Å². The maximum absolute atomic E-state index is 10.9. The number of rotatable bonds is 5. The second kappa shape index (κ2) is 6.63. The molecule has 5 nitrogen and oxygen atoms in total. The molecule has 2 heterocycles. The molecule has 0 atom stereocenters. The van der Waals surface area contributed by atoms with Crippen LogP contribution in [0.25, 0.3) is 0 Å². The van der Waals surface area contributed by atoms with Gasteiger partial charge in [0.25, 0.3) is 0 Å². The summed E-state index contributed by atoms with van der Waals surface area (Å²) in [6, 6.07) is 5.15. The number of aromatic carboxylic acids is 1. The minimum atomic E-state index is -0.975. The predicted molar refractivity (Wildman–Crippen MR) is 71.1 cm³/mol. The molecule has 0 bridgehead atoms. The first-order chi connectivity index (χ1) is 9.19. The van der Waals surface area contributed by atoms with E-state index in [4.69, 9.17) is 9.84 Å². The first-order valence-electron chi connectivity index (χ1n) is 6.72. The molecule has 19 heavy (non-hydrogen) atoms. The molecule has 0 spiro atoms. The first-order valence-corrected chi connectivity index (χ1v) is 6.72. The molecule has 0 radical (unpaired) electrons. The normalized spacial score (nSPS) is 17.5. The third-order valence-corrected chi connectivity index (χ3v) is 3.35. The van der Waals surface area contributed by atoms with Gasteiger partial charge in [0, 0.05) is 26.2 Å². The highest BCUT2D eigenvalue weighted by Crippen LogP contribution is 2.15. The lowest BCUT2D eigenvalue weighted by molar-refractivity contribution is 0.0122. The van der Waals surface area contributed by atoms with Crippen LogP contribution >= 0.6 is 0 Å². The summed E-state index contributed by atoms with van der Waals surface area (Å²) in [7, 11) is 0. The molecule has 1 aliphatic heterocycles. The molecule has 1 aromatic heterocycles. The van der Waals surface area contributed by atoms with E-state index in [1.165, 1.54) is 6.07 Å². The van der Waals surface area contributed by atoms with Gasteiger partial charge in [-0.15, -0.1) is 0 Å². The van der Waals surface area contributed by atoms with Crippen LogP contribution in [0, 0.1) is 0 Å². The summed E-state index contributed by atoms with van der Waals surface area (Å²) in [5, 5.41) is 8.92. The molecule has 1 aromatic rings. The van der Waals surface area contributed by atoms with Crippen molar-refractivity contribution < 1.29 is 14.6 Å². The van der Waals surface area contributed by atoms with Gasteiger partial charge in [0.05, 0.1) is 11.8 Å². The summed E-state index contributed by atoms with van der Waals surface area (Å²) < 4.78 is 5.61. The fourth-order valence-corrected chi connectivity index (χ4v) is 2.39. The van der Waals surface area contributed by atoms with Crippen molar-refractivity contribution in [3.05, 3.63) is 29.6 Å². The maximum atomic E-state index is 10.9. The summed E-state index contributed by atoms with van der Waals surface area (Å²) in [5.74, 6) is -0.975.